The van der Waals surface area contributed by atoms with E-state index < -0.39 is 0 Å². The third-order valence-corrected chi connectivity index (χ3v) is 6.53. The molecule has 0 saturated carbocycles. The van der Waals surface area contributed by atoms with Gasteiger partial charge in [0.2, 0.25) is 5.91 Å². The summed E-state index contributed by atoms with van der Waals surface area (Å²) in [4.78, 5) is 19.6. The molecule has 1 aromatic carbocycles. The lowest BCUT2D eigenvalue weighted by atomic mass is 9.96. The van der Waals surface area contributed by atoms with Crippen LogP contribution in [-0.2, 0) is 30.6 Å². The maximum absolute atomic E-state index is 12.8. The maximum Gasteiger partial charge on any atom is 0.241 e. The number of H-pyrrole nitrogens is 1. The molecule has 2 aliphatic heterocycles. The van der Waals surface area contributed by atoms with Gasteiger partial charge < -0.3 is 4.90 Å². The molecule has 6 heteroatoms. The molecule has 148 valence electrons. The van der Waals surface area contributed by atoms with Crippen LogP contribution in [0.4, 0.5) is 5.69 Å². The van der Waals surface area contributed by atoms with Crippen molar-refractivity contribution in [2.45, 2.75) is 38.6 Å². The Morgan fingerprint density at radius 1 is 0.964 bits per heavy atom. The Labute approximate surface area is 166 Å². The highest BCUT2D eigenvalue weighted by Crippen LogP contribution is 2.27. The number of aryl methyl sites for hydroxylation is 1. The SMILES string of the molecule is O=C(CN1CCN(Cc2n[nH]c3c2CCCC3)CC1)N1CCc2ccccc21. The number of rotatable bonds is 4. The van der Waals surface area contributed by atoms with Crippen molar-refractivity contribution >= 4 is 11.6 Å². The predicted octanol–water partition coefficient (Wildman–Crippen LogP) is 2.00. The summed E-state index contributed by atoms with van der Waals surface area (Å²) in [6.07, 6.45) is 5.87. The highest BCUT2D eigenvalue weighted by molar-refractivity contribution is 5.96. The molecule has 0 bridgehead atoms. The fourth-order valence-electron chi connectivity index (χ4n) is 4.87. The summed E-state index contributed by atoms with van der Waals surface area (Å²) in [7, 11) is 0. The monoisotopic (exact) mass is 379 g/mol. The number of benzene rings is 1. The van der Waals surface area contributed by atoms with Gasteiger partial charge in [-0.2, -0.15) is 5.10 Å². The zero-order valence-corrected chi connectivity index (χ0v) is 16.5. The van der Waals surface area contributed by atoms with E-state index in [9.17, 15) is 4.79 Å². The van der Waals surface area contributed by atoms with E-state index in [4.69, 9.17) is 0 Å². The Hall–Kier alpha value is -2.18. The van der Waals surface area contributed by atoms with E-state index in [-0.39, 0.29) is 5.91 Å². The van der Waals surface area contributed by atoms with Crippen molar-refractivity contribution in [3.63, 3.8) is 0 Å². The number of hydrogen-bond donors (Lipinski definition) is 1. The number of nitrogens with zero attached hydrogens (tertiary/aromatic N) is 4. The summed E-state index contributed by atoms with van der Waals surface area (Å²) in [5.41, 5.74) is 6.47. The Bertz CT molecular complexity index is 852. The molecular weight excluding hydrogens is 350 g/mol. The lowest BCUT2D eigenvalue weighted by Gasteiger charge is -2.34. The fourth-order valence-corrected chi connectivity index (χ4v) is 4.87. The van der Waals surface area contributed by atoms with Crippen LogP contribution in [-0.4, -0.2) is 65.2 Å². The Kier molecular flexibility index (Phi) is 4.91. The number of nitrogens with one attached hydrogen (secondary N) is 1. The molecule has 1 aliphatic carbocycles. The van der Waals surface area contributed by atoms with E-state index in [1.807, 2.05) is 11.0 Å². The molecule has 3 heterocycles. The first-order chi connectivity index (χ1) is 13.8. The van der Waals surface area contributed by atoms with E-state index in [1.54, 1.807) is 0 Å². The minimum absolute atomic E-state index is 0.236. The van der Waals surface area contributed by atoms with E-state index in [2.05, 4.69) is 38.2 Å². The van der Waals surface area contributed by atoms with Crippen LogP contribution in [0.15, 0.2) is 24.3 Å². The van der Waals surface area contributed by atoms with Crippen molar-refractivity contribution < 1.29 is 4.79 Å². The van der Waals surface area contributed by atoms with Crippen molar-refractivity contribution in [3.05, 3.63) is 46.8 Å². The van der Waals surface area contributed by atoms with Crippen molar-refractivity contribution in [3.8, 4) is 0 Å². The van der Waals surface area contributed by atoms with Gasteiger partial charge in [0.1, 0.15) is 0 Å². The van der Waals surface area contributed by atoms with E-state index in [1.165, 1.54) is 41.8 Å². The van der Waals surface area contributed by atoms with Gasteiger partial charge in [-0.15, -0.1) is 0 Å². The fraction of sp³-hybridized carbons (Fsp3) is 0.545. The number of aromatic amines is 1. The lowest BCUT2D eigenvalue weighted by molar-refractivity contribution is -0.120. The number of carbonyl (C=O) groups is 1. The minimum Gasteiger partial charge on any atom is -0.311 e. The standard InChI is InChI=1S/C22H29N5O/c28-22(27-10-9-17-5-1-4-8-21(17)27)16-26-13-11-25(12-14-26)15-20-18-6-2-3-7-19(18)23-24-20/h1,4-5,8H,2-3,6-7,9-16H2,(H,23,24). The van der Waals surface area contributed by atoms with Crippen LogP contribution in [0.5, 0.6) is 0 Å². The van der Waals surface area contributed by atoms with Crippen LogP contribution in [0.1, 0.15) is 35.4 Å². The number of anilines is 1. The van der Waals surface area contributed by atoms with E-state index in [0.29, 0.717) is 6.54 Å². The number of fused-ring (bicyclic) bond motifs is 2. The van der Waals surface area contributed by atoms with E-state index in [0.717, 1.165) is 57.8 Å². The number of aromatic nitrogens is 2. The normalized spacial score (nSPS) is 20.2. The van der Waals surface area contributed by atoms with Crippen molar-refractivity contribution in [2.75, 3.05) is 44.2 Å². The lowest BCUT2D eigenvalue weighted by Crippen LogP contribution is -2.49. The Morgan fingerprint density at radius 2 is 1.75 bits per heavy atom. The molecule has 0 radical (unpaired) electrons. The van der Waals surface area contributed by atoms with Crippen LogP contribution in [0.2, 0.25) is 0 Å². The first kappa shape index (κ1) is 17.9. The average molecular weight is 380 g/mol. The Balaban J connectivity index is 1.14. The second kappa shape index (κ2) is 7.68. The molecule has 1 aromatic heterocycles. The average Bonchev–Trinajstić information content (AvgIpc) is 3.34. The van der Waals surface area contributed by atoms with Crippen LogP contribution in [0.25, 0.3) is 0 Å². The predicted molar refractivity (Wildman–Crippen MR) is 109 cm³/mol. The van der Waals surface area contributed by atoms with Gasteiger partial charge in [0.05, 0.1) is 12.2 Å². The van der Waals surface area contributed by atoms with Gasteiger partial charge in [-0.1, -0.05) is 18.2 Å². The molecule has 1 amide bonds. The van der Waals surface area contributed by atoms with Gasteiger partial charge in [0, 0.05) is 50.6 Å². The van der Waals surface area contributed by atoms with Crippen LogP contribution >= 0.6 is 0 Å². The quantitative estimate of drug-likeness (QED) is 0.883. The number of carbonyl (C=O) groups excluding carboxylic acids is 1. The summed E-state index contributed by atoms with van der Waals surface area (Å²) < 4.78 is 0. The number of amides is 1. The number of hydrogen-bond acceptors (Lipinski definition) is 4. The number of para-hydroxylation sites is 1. The molecule has 1 fully saturated rings. The minimum atomic E-state index is 0.236. The van der Waals surface area contributed by atoms with E-state index >= 15 is 0 Å². The van der Waals surface area contributed by atoms with Crippen LogP contribution in [0.3, 0.4) is 0 Å². The molecule has 0 unspecified atom stereocenters. The third kappa shape index (κ3) is 3.47. The Morgan fingerprint density at radius 3 is 2.64 bits per heavy atom. The molecule has 6 nitrogen and oxygen atoms in total. The van der Waals surface area contributed by atoms with Gasteiger partial charge in [0.25, 0.3) is 0 Å². The molecule has 0 atom stereocenters. The van der Waals surface area contributed by atoms with Crippen LogP contribution < -0.4 is 4.90 Å². The van der Waals surface area contributed by atoms with Crippen molar-refractivity contribution in [1.82, 2.24) is 20.0 Å². The summed E-state index contributed by atoms with van der Waals surface area (Å²) in [5.74, 6) is 0.236. The maximum atomic E-state index is 12.8. The molecule has 28 heavy (non-hydrogen) atoms. The molecule has 1 N–H and O–H groups in total. The summed E-state index contributed by atoms with van der Waals surface area (Å²) in [5, 5.41) is 7.84. The molecule has 1 saturated heterocycles. The summed E-state index contributed by atoms with van der Waals surface area (Å²) in [6, 6.07) is 8.29. The molecule has 2 aromatic rings. The molecule has 5 rings (SSSR count). The first-order valence-electron chi connectivity index (χ1n) is 10.7. The van der Waals surface area contributed by atoms with Gasteiger partial charge in [-0.25, -0.2) is 0 Å². The van der Waals surface area contributed by atoms with Gasteiger partial charge >= 0.3 is 0 Å². The smallest absolute Gasteiger partial charge is 0.241 e. The second-order valence-corrected chi connectivity index (χ2v) is 8.31. The third-order valence-electron chi connectivity index (χ3n) is 6.53. The topological polar surface area (TPSA) is 55.5 Å². The summed E-state index contributed by atoms with van der Waals surface area (Å²) in [6.45, 7) is 6.20. The highest BCUT2D eigenvalue weighted by atomic mass is 16.2. The van der Waals surface area contributed by atoms with Crippen molar-refractivity contribution in [1.29, 1.82) is 0 Å². The molecule has 3 aliphatic rings. The zero-order valence-electron chi connectivity index (χ0n) is 16.5. The number of piperazine rings is 1. The summed E-state index contributed by atoms with van der Waals surface area (Å²) >= 11 is 0. The highest BCUT2D eigenvalue weighted by Gasteiger charge is 2.27. The first-order valence-corrected chi connectivity index (χ1v) is 10.7. The largest absolute Gasteiger partial charge is 0.311 e. The van der Waals surface area contributed by atoms with Crippen LogP contribution in [0, 0.1) is 0 Å². The zero-order chi connectivity index (χ0) is 18.9. The molecular formula is C22H29N5O. The van der Waals surface area contributed by atoms with Gasteiger partial charge in [-0.05, 0) is 49.3 Å². The molecule has 0 spiro atoms. The van der Waals surface area contributed by atoms with Gasteiger partial charge in [0.15, 0.2) is 0 Å². The second-order valence-electron chi connectivity index (χ2n) is 8.31. The van der Waals surface area contributed by atoms with Gasteiger partial charge in [-0.3, -0.25) is 19.7 Å². The van der Waals surface area contributed by atoms with Crippen molar-refractivity contribution in [2.24, 2.45) is 0 Å².